The van der Waals surface area contributed by atoms with E-state index in [1.54, 1.807) is 23.6 Å². The maximum Gasteiger partial charge on any atom is 0.245 e. The number of hydrogen-bond acceptors (Lipinski definition) is 6. The topological polar surface area (TPSA) is 78.6 Å². The van der Waals surface area contributed by atoms with E-state index >= 15 is 0 Å². The maximum absolute atomic E-state index is 11.7. The van der Waals surface area contributed by atoms with Crippen LogP contribution in [0.3, 0.4) is 0 Å². The molecule has 7 heteroatoms. The SMILES string of the molecule is O=C(CC1c2ccccc2SN1c1ccc(-c2cnco2)cc1)NO. The maximum atomic E-state index is 11.7. The van der Waals surface area contributed by atoms with Gasteiger partial charge in [-0.1, -0.05) is 18.2 Å². The van der Waals surface area contributed by atoms with E-state index < -0.39 is 5.91 Å². The fourth-order valence-corrected chi connectivity index (χ4v) is 4.12. The highest BCUT2D eigenvalue weighted by atomic mass is 32.2. The monoisotopic (exact) mass is 353 g/mol. The molecule has 2 heterocycles. The van der Waals surface area contributed by atoms with Crippen molar-refractivity contribution in [2.24, 2.45) is 0 Å². The summed E-state index contributed by atoms with van der Waals surface area (Å²) in [5, 5.41) is 8.90. The van der Waals surface area contributed by atoms with Gasteiger partial charge in [0.1, 0.15) is 0 Å². The summed E-state index contributed by atoms with van der Waals surface area (Å²) >= 11 is 1.59. The van der Waals surface area contributed by atoms with E-state index in [9.17, 15) is 4.79 Å². The van der Waals surface area contributed by atoms with Gasteiger partial charge in [0.05, 0.1) is 18.7 Å². The first-order chi connectivity index (χ1) is 12.3. The zero-order valence-corrected chi connectivity index (χ0v) is 13.9. The van der Waals surface area contributed by atoms with Crippen LogP contribution in [0.1, 0.15) is 18.0 Å². The van der Waals surface area contributed by atoms with Crippen molar-refractivity contribution in [3.05, 3.63) is 66.7 Å². The van der Waals surface area contributed by atoms with Crippen LogP contribution in [0.15, 0.2) is 70.4 Å². The van der Waals surface area contributed by atoms with Crippen LogP contribution in [-0.2, 0) is 4.79 Å². The Morgan fingerprint density at radius 3 is 2.76 bits per heavy atom. The summed E-state index contributed by atoms with van der Waals surface area (Å²) in [5.41, 5.74) is 4.72. The molecular weight excluding hydrogens is 338 g/mol. The summed E-state index contributed by atoms with van der Waals surface area (Å²) in [5.74, 6) is 0.297. The number of anilines is 1. The van der Waals surface area contributed by atoms with Gasteiger partial charge in [0.15, 0.2) is 12.2 Å². The molecule has 0 bridgehead atoms. The molecule has 1 aromatic heterocycles. The summed E-state index contributed by atoms with van der Waals surface area (Å²) in [6.45, 7) is 0. The van der Waals surface area contributed by atoms with Crippen molar-refractivity contribution >= 4 is 23.5 Å². The van der Waals surface area contributed by atoms with Crippen LogP contribution in [0.2, 0.25) is 0 Å². The van der Waals surface area contributed by atoms with Crippen molar-refractivity contribution in [3.63, 3.8) is 0 Å². The first-order valence-corrected chi connectivity index (χ1v) is 8.51. The number of amides is 1. The Morgan fingerprint density at radius 2 is 2.04 bits per heavy atom. The first-order valence-electron chi connectivity index (χ1n) is 7.74. The first kappa shape index (κ1) is 15.7. The second-order valence-electron chi connectivity index (χ2n) is 5.62. The van der Waals surface area contributed by atoms with Crippen molar-refractivity contribution in [2.75, 3.05) is 4.31 Å². The molecule has 1 aliphatic rings. The van der Waals surface area contributed by atoms with Gasteiger partial charge >= 0.3 is 0 Å². The van der Waals surface area contributed by atoms with E-state index in [-0.39, 0.29) is 12.5 Å². The van der Waals surface area contributed by atoms with E-state index in [0.29, 0.717) is 5.76 Å². The molecular formula is C18H15N3O3S. The number of aromatic nitrogens is 1. The van der Waals surface area contributed by atoms with Gasteiger partial charge < -0.3 is 8.72 Å². The van der Waals surface area contributed by atoms with Crippen molar-refractivity contribution in [1.29, 1.82) is 0 Å². The third-order valence-electron chi connectivity index (χ3n) is 4.10. The Labute approximate surface area is 148 Å². The second-order valence-corrected chi connectivity index (χ2v) is 6.64. The highest BCUT2D eigenvalue weighted by Gasteiger charge is 2.33. The van der Waals surface area contributed by atoms with Crippen LogP contribution in [0.25, 0.3) is 11.3 Å². The number of carbonyl (C=O) groups is 1. The lowest BCUT2D eigenvalue weighted by atomic mass is 10.0. The molecule has 6 nitrogen and oxygen atoms in total. The largest absolute Gasteiger partial charge is 0.444 e. The molecule has 0 saturated heterocycles. The van der Waals surface area contributed by atoms with Gasteiger partial charge in [0, 0.05) is 16.1 Å². The van der Waals surface area contributed by atoms with E-state index in [0.717, 1.165) is 21.7 Å². The van der Waals surface area contributed by atoms with Crippen LogP contribution in [0.4, 0.5) is 5.69 Å². The summed E-state index contributed by atoms with van der Waals surface area (Å²) < 4.78 is 7.40. The minimum atomic E-state index is -0.411. The van der Waals surface area contributed by atoms with E-state index in [1.807, 2.05) is 48.5 Å². The molecule has 126 valence electrons. The molecule has 2 aromatic carbocycles. The molecule has 4 rings (SSSR count). The molecule has 25 heavy (non-hydrogen) atoms. The Morgan fingerprint density at radius 1 is 1.24 bits per heavy atom. The quantitative estimate of drug-likeness (QED) is 0.422. The standard InChI is InChI=1S/C18H15N3O3S/c22-18(20-23)9-15-14-3-1-2-4-17(14)25-21(15)13-7-5-12(6-8-13)16-10-19-11-24-16/h1-8,10-11,15,23H,9H2,(H,20,22). The summed E-state index contributed by atoms with van der Waals surface area (Å²) in [6, 6.07) is 15.7. The third kappa shape index (κ3) is 2.99. The van der Waals surface area contributed by atoms with Crippen molar-refractivity contribution in [3.8, 4) is 11.3 Å². The summed E-state index contributed by atoms with van der Waals surface area (Å²) in [4.78, 5) is 16.8. The number of benzene rings is 2. The smallest absolute Gasteiger partial charge is 0.245 e. The normalized spacial score (nSPS) is 15.9. The number of carbonyl (C=O) groups excluding carboxylic acids is 1. The van der Waals surface area contributed by atoms with Gasteiger partial charge in [-0.05, 0) is 47.8 Å². The lowest BCUT2D eigenvalue weighted by Gasteiger charge is -2.25. The van der Waals surface area contributed by atoms with Crippen molar-refractivity contribution in [2.45, 2.75) is 17.4 Å². The summed E-state index contributed by atoms with van der Waals surface area (Å²) in [7, 11) is 0. The van der Waals surface area contributed by atoms with E-state index in [1.165, 1.54) is 6.39 Å². The highest BCUT2D eigenvalue weighted by molar-refractivity contribution is 8.01. The molecule has 0 aliphatic carbocycles. The van der Waals surface area contributed by atoms with Crippen LogP contribution < -0.4 is 9.79 Å². The molecule has 1 aliphatic heterocycles. The van der Waals surface area contributed by atoms with E-state index in [2.05, 4.69) is 9.29 Å². The minimum Gasteiger partial charge on any atom is -0.444 e. The number of hydrogen-bond donors (Lipinski definition) is 2. The fraction of sp³-hybridized carbons (Fsp3) is 0.111. The molecule has 0 spiro atoms. The number of hydroxylamine groups is 1. The second kappa shape index (κ2) is 6.62. The van der Waals surface area contributed by atoms with Crippen LogP contribution in [-0.4, -0.2) is 16.1 Å². The van der Waals surface area contributed by atoms with Gasteiger partial charge in [-0.15, -0.1) is 0 Å². The van der Waals surface area contributed by atoms with Gasteiger partial charge in [-0.2, -0.15) is 0 Å². The van der Waals surface area contributed by atoms with Crippen molar-refractivity contribution in [1.82, 2.24) is 10.5 Å². The lowest BCUT2D eigenvalue weighted by Crippen LogP contribution is -2.26. The molecule has 1 unspecified atom stereocenters. The summed E-state index contributed by atoms with van der Waals surface area (Å²) in [6.07, 6.45) is 3.24. The predicted molar refractivity (Wildman–Crippen MR) is 94.0 cm³/mol. The molecule has 0 saturated carbocycles. The Kier molecular flexibility index (Phi) is 4.17. The Hall–Kier alpha value is -2.77. The van der Waals surface area contributed by atoms with Gasteiger partial charge in [-0.25, -0.2) is 10.5 Å². The molecule has 0 radical (unpaired) electrons. The average molecular weight is 353 g/mol. The Balaban J connectivity index is 1.65. The van der Waals surface area contributed by atoms with Gasteiger partial charge in [0.25, 0.3) is 0 Å². The number of rotatable bonds is 4. The highest BCUT2D eigenvalue weighted by Crippen LogP contribution is 2.48. The number of oxazole rings is 1. The van der Waals surface area contributed by atoms with E-state index in [4.69, 9.17) is 9.62 Å². The van der Waals surface area contributed by atoms with Gasteiger partial charge in [0.2, 0.25) is 5.91 Å². The van der Waals surface area contributed by atoms with Gasteiger partial charge in [-0.3, -0.25) is 10.0 Å². The zero-order valence-electron chi connectivity index (χ0n) is 13.1. The van der Waals surface area contributed by atoms with Crippen LogP contribution >= 0.6 is 11.9 Å². The van der Waals surface area contributed by atoms with Crippen molar-refractivity contribution < 1.29 is 14.4 Å². The Bertz CT molecular complexity index is 881. The molecule has 3 aromatic rings. The van der Waals surface area contributed by atoms with Crippen LogP contribution in [0, 0.1) is 0 Å². The number of fused-ring (bicyclic) bond motifs is 1. The predicted octanol–water partition coefficient (Wildman–Crippen LogP) is 3.81. The minimum absolute atomic E-state index is 0.149. The molecule has 1 amide bonds. The average Bonchev–Trinajstić information content (AvgIpc) is 3.30. The number of nitrogens with one attached hydrogen (secondary N) is 1. The lowest BCUT2D eigenvalue weighted by molar-refractivity contribution is -0.129. The fourth-order valence-electron chi connectivity index (χ4n) is 2.91. The third-order valence-corrected chi connectivity index (χ3v) is 5.33. The molecule has 1 atom stereocenters. The molecule has 0 fully saturated rings. The van der Waals surface area contributed by atoms with Crippen LogP contribution in [0.5, 0.6) is 0 Å². The zero-order chi connectivity index (χ0) is 17.2. The number of nitrogens with zero attached hydrogens (tertiary/aromatic N) is 2. The molecule has 2 N–H and O–H groups in total.